The zero-order chi connectivity index (χ0) is 13.5. The average molecular weight is 356 g/mol. The number of thioether (sulfide) groups is 1. The number of thiophene rings is 1. The predicted octanol–water partition coefficient (Wildman–Crippen LogP) is 4.84. The third kappa shape index (κ3) is 5.30. The van der Waals surface area contributed by atoms with E-state index in [1.807, 2.05) is 11.8 Å². The molecule has 1 N–H and O–H groups in total. The van der Waals surface area contributed by atoms with Crippen molar-refractivity contribution in [1.29, 1.82) is 0 Å². The van der Waals surface area contributed by atoms with Crippen molar-refractivity contribution < 1.29 is 0 Å². The summed E-state index contributed by atoms with van der Waals surface area (Å²) >= 11 is 7.27. The van der Waals surface area contributed by atoms with Gasteiger partial charge in [-0.05, 0) is 40.0 Å². The van der Waals surface area contributed by atoms with E-state index in [4.69, 9.17) is 0 Å². The molecule has 1 nitrogen and oxygen atoms in total. The van der Waals surface area contributed by atoms with Gasteiger partial charge in [0.2, 0.25) is 0 Å². The molecular weight excluding hydrogens is 338 g/mol. The molecule has 1 heterocycles. The highest BCUT2D eigenvalue weighted by Crippen LogP contribution is 2.19. The van der Waals surface area contributed by atoms with Crippen LogP contribution in [0, 0.1) is 6.92 Å². The SMILES string of the molecule is Cc1ccccc1CSCCNCc1cc(Br)cs1. The van der Waals surface area contributed by atoms with Gasteiger partial charge >= 0.3 is 0 Å². The molecule has 0 aliphatic carbocycles. The van der Waals surface area contributed by atoms with Crippen LogP contribution in [-0.4, -0.2) is 12.3 Å². The zero-order valence-corrected chi connectivity index (χ0v) is 14.2. The highest BCUT2D eigenvalue weighted by Gasteiger charge is 1.98. The van der Waals surface area contributed by atoms with Crippen LogP contribution in [-0.2, 0) is 12.3 Å². The normalized spacial score (nSPS) is 10.8. The molecule has 0 fully saturated rings. The molecule has 0 atom stereocenters. The van der Waals surface area contributed by atoms with Crippen LogP contribution >= 0.6 is 39.0 Å². The summed E-state index contributed by atoms with van der Waals surface area (Å²) in [7, 11) is 0. The second-order valence-electron chi connectivity index (χ2n) is 4.39. The van der Waals surface area contributed by atoms with Gasteiger partial charge in [0.25, 0.3) is 0 Å². The number of benzene rings is 1. The Balaban J connectivity index is 1.59. The lowest BCUT2D eigenvalue weighted by Gasteiger charge is -2.06. The minimum atomic E-state index is 0.973. The first kappa shape index (κ1) is 15.1. The molecule has 0 saturated heterocycles. The Morgan fingerprint density at radius 3 is 2.89 bits per heavy atom. The van der Waals surface area contributed by atoms with Crippen LogP contribution in [0.2, 0.25) is 0 Å². The Morgan fingerprint density at radius 2 is 2.16 bits per heavy atom. The third-order valence-corrected chi connectivity index (χ3v) is 5.57. The van der Waals surface area contributed by atoms with Gasteiger partial charge < -0.3 is 5.32 Å². The van der Waals surface area contributed by atoms with Gasteiger partial charge in [0.05, 0.1) is 0 Å². The Hall–Kier alpha value is -0.290. The van der Waals surface area contributed by atoms with Gasteiger partial charge in [0.1, 0.15) is 0 Å². The molecule has 0 amide bonds. The summed E-state index contributed by atoms with van der Waals surface area (Å²) in [6.45, 7) is 4.22. The second-order valence-corrected chi connectivity index (χ2v) is 7.40. The standard InChI is InChI=1S/C15H18BrNS2/c1-12-4-2-3-5-13(12)10-18-7-6-17-9-15-8-14(16)11-19-15/h2-5,8,11,17H,6-7,9-10H2,1H3. The summed E-state index contributed by atoms with van der Waals surface area (Å²) in [6, 6.07) is 10.8. The molecule has 2 rings (SSSR count). The van der Waals surface area contributed by atoms with Crippen molar-refractivity contribution in [2.45, 2.75) is 19.2 Å². The van der Waals surface area contributed by atoms with Crippen molar-refractivity contribution in [1.82, 2.24) is 5.32 Å². The van der Waals surface area contributed by atoms with Crippen molar-refractivity contribution in [3.8, 4) is 0 Å². The fraction of sp³-hybridized carbons (Fsp3) is 0.333. The van der Waals surface area contributed by atoms with Crippen molar-refractivity contribution in [2.75, 3.05) is 12.3 Å². The maximum absolute atomic E-state index is 3.48. The number of rotatable bonds is 7. The van der Waals surface area contributed by atoms with E-state index in [-0.39, 0.29) is 0 Å². The summed E-state index contributed by atoms with van der Waals surface area (Å²) in [6.07, 6.45) is 0. The molecule has 0 bridgehead atoms. The largest absolute Gasteiger partial charge is 0.311 e. The van der Waals surface area contributed by atoms with Crippen LogP contribution in [0.3, 0.4) is 0 Å². The van der Waals surface area contributed by atoms with Crippen LogP contribution in [0.1, 0.15) is 16.0 Å². The molecule has 19 heavy (non-hydrogen) atoms. The first-order chi connectivity index (χ1) is 9.25. The molecule has 4 heteroatoms. The summed E-state index contributed by atoms with van der Waals surface area (Å²) in [5, 5.41) is 5.61. The summed E-state index contributed by atoms with van der Waals surface area (Å²) in [5.41, 5.74) is 2.85. The van der Waals surface area contributed by atoms with Crippen LogP contribution in [0.4, 0.5) is 0 Å². The Kier molecular flexibility index (Phi) is 6.44. The average Bonchev–Trinajstić information content (AvgIpc) is 2.81. The Morgan fingerprint density at radius 1 is 1.32 bits per heavy atom. The van der Waals surface area contributed by atoms with Crippen LogP contribution in [0.15, 0.2) is 40.2 Å². The maximum Gasteiger partial charge on any atom is 0.0300 e. The van der Waals surface area contributed by atoms with E-state index in [2.05, 4.69) is 63.9 Å². The van der Waals surface area contributed by atoms with Gasteiger partial charge in [0.15, 0.2) is 0 Å². The molecule has 2 aromatic rings. The highest BCUT2D eigenvalue weighted by molar-refractivity contribution is 9.10. The number of aryl methyl sites for hydroxylation is 1. The lowest BCUT2D eigenvalue weighted by atomic mass is 10.1. The third-order valence-electron chi connectivity index (χ3n) is 2.86. The Bertz CT molecular complexity index is 510. The van der Waals surface area contributed by atoms with Crippen molar-refractivity contribution in [2.24, 2.45) is 0 Å². The number of nitrogens with one attached hydrogen (secondary N) is 1. The van der Waals surface area contributed by atoms with Crippen molar-refractivity contribution in [3.63, 3.8) is 0 Å². The number of hydrogen-bond donors (Lipinski definition) is 1. The van der Waals surface area contributed by atoms with Gasteiger partial charge in [-0.1, -0.05) is 24.3 Å². The quantitative estimate of drug-likeness (QED) is 0.713. The van der Waals surface area contributed by atoms with Crippen molar-refractivity contribution in [3.05, 3.63) is 56.2 Å². The van der Waals surface area contributed by atoms with Crippen molar-refractivity contribution >= 4 is 39.0 Å². The van der Waals surface area contributed by atoms with Crippen LogP contribution in [0.5, 0.6) is 0 Å². The van der Waals surface area contributed by atoms with Gasteiger partial charge in [0, 0.05) is 39.3 Å². The van der Waals surface area contributed by atoms with Crippen LogP contribution < -0.4 is 5.32 Å². The Labute approximate surface area is 131 Å². The lowest BCUT2D eigenvalue weighted by molar-refractivity contribution is 0.741. The molecule has 0 aliphatic heterocycles. The molecule has 1 aromatic carbocycles. The second kappa shape index (κ2) is 8.10. The topological polar surface area (TPSA) is 12.0 Å². The molecule has 0 saturated carbocycles. The first-order valence-corrected chi connectivity index (χ1v) is 9.14. The minimum absolute atomic E-state index is 0.973. The van der Waals surface area contributed by atoms with E-state index < -0.39 is 0 Å². The van der Waals surface area contributed by atoms with Gasteiger partial charge in [-0.2, -0.15) is 11.8 Å². The molecule has 1 aromatic heterocycles. The van der Waals surface area contributed by atoms with Gasteiger partial charge in [-0.25, -0.2) is 0 Å². The molecular formula is C15H18BrNS2. The number of hydrogen-bond acceptors (Lipinski definition) is 3. The van der Waals surface area contributed by atoms with E-state index in [1.165, 1.54) is 20.5 Å². The monoisotopic (exact) mass is 355 g/mol. The van der Waals surface area contributed by atoms with E-state index in [9.17, 15) is 0 Å². The van der Waals surface area contributed by atoms with Crippen LogP contribution in [0.25, 0.3) is 0 Å². The molecule has 0 radical (unpaired) electrons. The predicted molar refractivity (Wildman–Crippen MR) is 91.1 cm³/mol. The summed E-state index contributed by atoms with van der Waals surface area (Å²) in [4.78, 5) is 1.38. The van der Waals surface area contributed by atoms with E-state index in [0.29, 0.717) is 0 Å². The lowest BCUT2D eigenvalue weighted by Crippen LogP contribution is -2.15. The maximum atomic E-state index is 3.48. The highest BCUT2D eigenvalue weighted by atomic mass is 79.9. The molecule has 0 spiro atoms. The zero-order valence-electron chi connectivity index (χ0n) is 11.0. The van der Waals surface area contributed by atoms with E-state index >= 15 is 0 Å². The number of halogens is 1. The van der Waals surface area contributed by atoms with Gasteiger partial charge in [-0.15, -0.1) is 11.3 Å². The minimum Gasteiger partial charge on any atom is -0.311 e. The smallest absolute Gasteiger partial charge is 0.0300 e. The molecule has 0 unspecified atom stereocenters. The fourth-order valence-electron chi connectivity index (χ4n) is 1.76. The van der Waals surface area contributed by atoms with Gasteiger partial charge in [-0.3, -0.25) is 0 Å². The first-order valence-electron chi connectivity index (χ1n) is 6.31. The van der Waals surface area contributed by atoms with E-state index in [0.717, 1.165) is 24.6 Å². The fourth-order valence-corrected chi connectivity index (χ4v) is 4.15. The molecule has 102 valence electrons. The van der Waals surface area contributed by atoms with E-state index in [1.54, 1.807) is 11.3 Å². The molecule has 0 aliphatic rings. The summed E-state index contributed by atoms with van der Waals surface area (Å²) < 4.78 is 1.18. The summed E-state index contributed by atoms with van der Waals surface area (Å²) in [5.74, 6) is 2.26.